The highest BCUT2D eigenvalue weighted by Crippen LogP contribution is 2.34. The van der Waals surface area contributed by atoms with Crippen molar-refractivity contribution >= 4 is 33.7 Å². The predicted molar refractivity (Wildman–Crippen MR) is 118 cm³/mol. The van der Waals surface area contributed by atoms with E-state index in [1.807, 2.05) is 6.07 Å². The van der Waals surface area contributed by atoms with E-state index in [0.717, 1.165) is 5.41 Å². The molecule has 3 rings (SSSR count). The minimum atomic E-state index is -3.92. The molecule has 0 spiro atoms. The van der Waals surface area contributed by atoms with Gasteiger partial charge in [0.05, 0.1) is 0 Å². The molecule has 2 N–H and O–H groups in total. The van der Waals surface area contributed by atoms with Crippen molar-refractivity contribution in [1.82, 2.24) is 4.72 Å². The minimum absolute atomic E-state index is 0.109. The van der Waals surface area contributed by atoms with Crippen molar-refractivity contribution in [3.8, 4) is 11.5 Å². The third kappa shape index (κ3) is 6.56. The van der Waals surface area contributed by atoms with Crippen molar-refractivity contribution in [2.45, 2.75) is 19.9 Å². The van der Waals surface area contributed by atoms with E-state index in [1.165, 1.54) is 6.08 Å². The van der Waals surface area contributed by atoms with E-state index in [0.29, 0.717) is 22.7 Å². The quantitative estimate of drug-likeness (QED) is 0.552. The lowest BCUT2D eigenvalue weighted by Gasteiger charge is -2.19. The molecule has 0 aliphatic carbocycles. The Bertz CT molecular complexity index is 1100. The van der Waals surface area contributed by atoms with Crippen LogP contribution in [0.3, 0.4) is 0 Å². The minimum Gasteiger partial charge on any atom is -0.454 e. The molecule has 10 heteroatoms. The maximum absolute atomic E-state index is 12.5. The van der Waals surface area contributed by atoms with Gasteiger partial charge in [-0.1, -0.05) is 44.2 Å². The molecular formula is C22H24N2O7S. The monoisotopic (exact) mass is 460 g/mol. The summed E-state index contributed by atoms with van der Waals surface area (Å²) in [4.78, 5) is 24.6. The molecule has 2 aromatic rings. The number of carbonyl (C=O) groups excluding carboxylic acids is 2. The molecule has 0 radical (unpaired) electrons. The smallest absolute Gasteiger partial charge is 0.324 e. The Hall–Kier alpha value is -3.37. The van der Waals surface area contributed by atoms with Gasteiger partial charge in [-0.05, 0) is 29.7 Å². The second kappa shape index (κ2) is 10.3. The van der Waals surface area contributed by atoms with Gasteiger partial charge in [0.25, 0.3) is 5.91 Å². The van der Waals surface area contributed by atoms with Crippen molar-refractivity contribution in [3.05, 3.63) is 59.5 Å². The van der Waals surface area contributed by atoms with Crippen LogP contribution in [0.4, 0.5) is 5.69 Å². The molecule has 170 valence electrons. The molecule has 0 fully saturated rings. The van der Waals surface area contributed by atoms with E-state index in [-0.39, 0.29) is 6.79 Å². The molecule has 2 aromatic carbocycles. The first-order valence-corrected chi connectivity index (χ1v) is 11.4. The van der Waals surface area contributed by atoms with E-state index in [2.05, 4.69) is 10.0 Å². The van der Waals surface area contributed by atoms with E-state index in [4.69, 9.17) is 14.2 Å². The van der Waals surface area contributed by atoms with Gasteiger partial charge in [0.2, 0.25) is 16.8 Å². The van der Waals surface area contributed by atoms with Gasteiger partial charge in [0.1, 0.15) is 6.04 Å². The highest BCUT2D eigenvalue weighted by atomic mass is 32.2. The summed E-state index contributed by atoms with van der Waals surface area (Å²) in [7, 11) is -3.92. The van der Waals surface area contributed by atoms with E-state index in [1.54, 1.807) is 56.3 Å². The molecule has 1 amide bonds. The summed E-state index contributed by atoms with van der Waals surface area (Å²) in [5, 5.41) is 3.56. The summed E-state index contributed by atoms with van der Waals surface area (Å²) in [6.07, 6.45) is 1.42. The lowest BCUT2D eigenvalue weighted by molar-refractivity contribution is -0.150. The van der Waals surface area contributed by atoms with Gasteiger partial charge in [-0.15, -0.1) is 0 Å². The number of hydrogen-bond donors (Lipinski definition) is 2. The van der Waals surface area contributed by atoms with Crippen LogP contribution in [0.2, 0.25) is 0 Å². The second-order valence-electron chi connectivity index (χ2n) is 7.32. The fourth-order valence-corrected chi connectivity index (χ4v) is 3.94. The molecule has 32 heavy (non-hydrogen) atoms. The molecule has 0 bridgehead atoms. The molecule has 1 heterocycles. The fourth-order valence-electron chi connectivity index (χ4n) is 2.80. The first kappa shape index (κ1) is 23.3. The molecule has 1 atom stereocenters. The second-order valence-corrected chi connectivity index (χ2v) is 8.92. The Morgan fingerprint density at radius 3 is 2.53 bits per heavy atom. The van der Waals surface area contributed by atoms with Gasteiger partial charge in [-0.2, -0.15) is 4.72 Å². The van der Waals surface area contributed by atoms with Gasteiger partial charge in [-0.3, -0.25) is 9.59 Å². The first-order chi connectivity index (χ1) is 15.2. The predicted octanol–water partition coefficient (Wildman–Crippen LogP) is 2.51. The summed E-state index contributed by atoms with van der Waals surface area (Å²) in [6.45, 7) is 2.87. The maximum Gasteiger partial charge on any atom is 0.324 e. The third-order valence-electron chi connectivity index (χ3n) is 4.45. The van der Waals surface area contributed by atoms with Crippen LogP contribution in [-0.4, -0.2) is 39.7 Å². The maximum atomic E-state index is 12.5. The molecular weight excluding hydrogens is 436 g/mol. The Balaban J connectivity index is 1.55. The Kier molecular flexibility index (Phi) is 7.49. The third-order valence-corrected chi connectivity index (χ3v) is 5.53. The first-order valence-electron chi connectivity index (χ1n) is 9.85. The number of anilines is 1. The van der Waals surface area contributed by atoms with Gasteiger partial charge in [0.15, 0.2) is 18.1 Å². The van der Waals surface area contributed by atoms with Crippen molar-refractivity contribution in [2.75, 3.05) is 18.7 Å². The molecule has 1 unspecified atom stereocenters. The number of hydrogen-bond acceptors (Lipinski definition) is 7. The lowest BCUT2D eigenvalue weighted by atomic mass is 10.1. The average Bonchev–Trinajstić information content (AvgIpc) is 3.23. The van der Waals surface area contributed by atoms with E-state index >= 15 is 0 Å². The van der Waals surface area contributed by atoms with Crippen molar-refractivity contribution < 1.29 is 32.2 Å². The highest BCUT2D eigenvalue weighted by Gasteiger charge is 2.28. The van der Waals surface area contributed by atoms with Crippen molar-refractivity contribution in [1.29, 1.82) is 0 Å². The number of sulfonamides is 1. The summed E-state index contributed by atoms with van der Waals surface area (Å²) in [5.74, 6) is -0.760. The number of fused-ring (bicyclic) bond motifs is 1. The van der Waals surface area contributed by atoms with Gasteiger partial charge in [0, 0.05) is 17.2 Å². The Labute approximate surface area is 186 Å². The topological polar surface area (TPSA) is 120 Å². The highest BCUT2D eigenvalue weighted by molar-refractivity contribution is 7.92. The number of rotatable bonds is 9. The average molecular weight is 461 g/mol. The zero-order valence-electron chi connectivity index (χ0n) is 17.6. The van der Waals surface area contributed by atoms with Crippen LogP contribution in [0.1, 0.15) is 19.4 Å². The zero-order valence-corrected chi connectivity index (χ0v) is 18.4. The summed E-state index contributed by atoms with van der Waals surface area (Å²) >= 11 is 0. The largest absolute Gasteiger partial charge is 0.454 e. The molecule has 0 saturated heterocycles. The van der Waals surface area contributed by atoms with Gasteiger partial charge >= 0.3 is 5.97 Å². The van der Waals surface area contributed by atoms with Crippen molar-refractivity contribution in [3.63, 3.8) is 0 Å². The summed E-state index contributed by atoms with van der Waals surface area (Å²) < 4.78 is 42.6. The van der Waals surface area contributed by atoms with Crippen LogP contribution >= 0.6 is 0 Å². The van der Waals surface area contributed by atoms with Crippen molar-refractivity contribution in [2.24, 2.45) is 5.92 Å². The SMILES string of the molecule is CC(C)C(NS(=O)(=O)C=Cc1ccccc1)C(=O)OCC(=O)Nc1ccc2c(c1)OCO2. The summed E-state index contributed by atoms with van der Waals surface area (Å²) in [6, 6.07) is 12.6. The van der Waals surface area contributed by atoms with Crippen LogP contribution in [0, 0.1) is 5.92 Å². The number of carbonyl (C=O) groups is 2. The van der Waals surface area contributed by atoms with Crippen LogP contribution in [-0.2, 0) is 24.3 Å². The Morgan fingerprint density at radius 1 is 1.09 bits per heavy atom. The Morgan fingerprint density at radius 2 is 1.81 bits per heavy atom. The molecule has 0 saturated carbocycles. The van der Waals surface area contributed by atoms with Gasteiger partial charge in [-0.25, -0.2) is 8.42 Å². The normalized spacial score (nSPS) is 13.8. The molecule has 1 aliphatic heterocycles. The summed E-state index contributed by atoms with van der Waals surface area (Å²) in [5.41, 5.74) is 1.14. The molecule has 0 aromatic heterocycles. The van der Waals surface area contributed by atoms with Crippen LogP contribution in [0.25, 0.3) is 6.08 Å². The number of ether oxygens (including phenoxy) is 3. The van der Waals surface area contributed by atoms with Crippen LogP contribution < -0.4 is 19.5 Å². The number of amides is 1. The van der Waals surface area contributed by atoms with E-state index < -0.39 is 40.5 Å². The van der Waals surface area contributed by atoms with Crippen LogP contribution in [0.5, 0.6) is 11.5 Å². The van der Waals surface area contributed by atoms with Gasteiger partial charge < -0.3 is 19.5 Å². The lowest BCUT2D eigenvalue weighted by Crippen LogP contribution is -2.45. The standard InChI is InChI=1S/C22H24N2O7S/c1-15(2)21(24-32(27,28)11-10-16-6-4-3-5-7-16)22(26)29-13-20(25)23-17-8-9-18-19(12-17)31-14-30-18/h3-12,15,21,24H,13-14H2,1-2H3,(H,23,25). The number of esters is 1. The van der Waals surface area contributed by atoms with Crippen LogP contribution in [0.15, 0.2) is 53.9 Å². The molecule has 1 aliphatic rings. The molecule has 9 nitrogen and oxygen atoms in total. The fraction of sp³-hybridized carbons (Fsp3) is 0.273. The van der Waals surface area contributed by atoms with E-state index in [9.17, 15) is 18.0 Å². The number of benzene rings is 2. The number of nitrogens with one attached hydrogen (secondary N) is 2. The zero-order chi connectivity index (χ0) is 23.1.